The van der Waals surface area contributed by atoms with E-state index in [0.29, 0.717) is 0 Å². The average Bonchev–Trinajstić information content (AvgIpc) is 2.34. The van der Waals surface area contributed by atoms with Gasteiger partial charge in [0.15, 0.2) is 0 Å². The topological polar surface area (TPSA) is 30.5 Å². The molecule has 0 saturated carbocycles. The van der Waals surface area contributed by atoms with Gasteiger partial charge in [0.25, 0.3) is 0 Å². The molecule has 3 nitrogen and oxygen atoms in total. The quantitative estimate of drug-likeness (QED) is 0.746. The van der Waals surface area contributed by atoms with E-state index < -0.39 is 0 Å². The second-order valence-electron chi connectivity index (χ2n) is 3.68. The van der Waals surface area contributed by atoms with Crippen molar-refractivity contribution in [2.75, 3.05) is 26.9 Å². The number of nitrogens with one attached hydrogen (secondary N) is 1. The first-order valence-electron chi connectivity index (χ1n) is 5.88. The third-order valence-corrected chi connectivity index (χ3v) is 2.64. The first-order valence-corrected chi connectivity index (χ1v) is 6.26. The Bertz CT molecular complexity index is 335. The smallest absolute Gasteiger partial charge is 0.123 e. The van der Waals surface area contributed by atoms with Crippen molar-refractivity contribution in [2.45, 2.75) is 19.9 Å². The van der Waals surface area contributed by atoms with Crippen LogP contribution in [0, 0.1) is 0 Å². The Hall–Kier alpha value is -0.480. The molecule has 0 radical (unpaired) electrons. The fourth-order valence-electron chi connectivity index (χ4n) is 1.55. The summed E-state index contributed by atoms with van der Waals surface area (Å²) in [4.78, 5) is 0. The van der Waals surface area contributed by atoms with E-state index in [4.69, 9.17) is 21.1 Å². The molecular weight excluding hydrogens is 273 g/mol. The lowest BCUT2D eigenvalue weighted by atomic mass is 10.2. The molecule has 0 aliphatic heterocycles. The summed E-state index contributed by atoms with van der Waals surface area (Å²) in [5.74, 6) is 0.867. The Labute approximate surface area is 120 Å². The number of benzene rings is 1. The number of ether oxygens (including phenoxy) is 2. The molecule has 0 aliphatic rings. The van der Waals surface area contributed by atoms with Gasteiger partial charge in [0.05, 0.1) is 7.11 Å². The van der Waals surface area contributed by atoms with E-state index in [1.165, 1.54) is 0 Å². The van der Waals surface area contributed by atoms with Gasteiger partial charge in [-0.25, -0.2) is 0 Å². The monoisotopic (exact) mass is 293 g/mol. The van der Waals surface area contributed by atoms with E-state index in [-0.39, 0.29) is 12.4 Å². The van der Waals surface area contributed by atoms with Crippen molar-refractivity contribution in [1.29, 1.82) is 0 Å². The fraction of sp³-hybridized carbons (Fsp3) is 0.538. The molecule has 0 atom stereocenters. The largest absolute Gasteiger partial charge is 0.496 e. The van der Waals surface area contributed by atoms with Crippen molar-refractivity contribution in [3.8, 4) is 5.75 Å². The maximum atomic E-state index is 5.95. The summed E-state index contributed by atoms with van der Waals surface area (Å²) in [6.07, 6.45) is 1.01. The molecule has 0 amide bonds. The molecule has 1 aromatic rings. The van der Waals surface area contributed by atoms with E-state index in [0.717, 1.165) is 49.1 Å². The van der Waals surface area contributed by atoms with Crippen molar-refractivity contribution >= 4 is 24.0 Å². The summed E-state index contributed by atoms with van der Waals surface area (Å²) < 4.78 is 10.5. The Balaban J connectivity index is 0.00000289. The van der Waals surface area contributed by atoms with E-state index in [9.17, 15) is 0 Å². The van der Waals surface area contributed by atoms with Crippen LogP contribution in [-0.2, 0) is 11.3 Å². The highest BCUT2D eigenvalue weighted by Gasteiger charge is 2.02. The highest BCUT2D eigenvalue weighted by atomic mass is 35.5. The zero-order chi connectivity index (χ0) is 12.5. The van der Waals surface area contributed by atoms with Crippen LogP contribution >= 0.6 is 24.0 Å². The van der Waals surface area contributed by atoms with Crippen LogP contribution in [-0.4, -0.2) is 26.9 Å². The standard InChI is InChI=1S/C13H20ClNO2.ClH/c1-3-17-8-4-7-15-10-11-9-12(14)5-6-13(11)16-2;/h5-6,9,15H,3-4,7-8,10H2,1-2H3;1H. The summed E-state index contributed by atoms with van der Waals surface area (Å²) in [5.41, 5.74) is 1.08. The van der Waals surface area contributed by atoms with Gasteiger partial charge in [0.1, 0.15) is 5.75 Å². The van der Waals surface area contributed by atoms with Gasteiger partial charge in [-0.05, 0) is 38.1 Å². The van der Waals surface area contributed by atoms with Crippen LogP contribution in [0.15, 0.2) is 18.2 Å². The molecule has 0 bridgehead atoms. The lowest BCUT2D eigenvalue weighted by molar-refractivity contribution is 0.144. The Morgan fingerprint density at radius 2 is 2.11 bits per heavy atom. The summed E-state index contributed by atoms with van der Waals surface area (Å²) in [6.45, 7) is 5.27. The van der Waals surface area contributed by atoms with E-state index in [2.05, 4.69) is 5.32 Å². The van der Waals surface area contributed by atoms with Gasteiger partial charge in [-0.2, -0.15) is 0 Å². The zero-order valence-corrected chi connectivity index (χ0v) is 12.4. The molecule has 0 heterocycles. The van der Waals surface area contributed by atoms with Gasteiger partial charge < -0.3 is 14.8 Å². The zero-order valence-electron chi connectivity index (χ0n) is 10.9. The molecule has 0 saturated heterocycles. The molecule has 1 N–H and O–H groups in total. The molecule has 0 fully saturated rings. The average molecular weight is 294 g/mol. The van der Waals surface area contributed by atoms with E-state index >= 15 is 0 Å². The highest BCUT2D eigenvalue weighted by Crippen LogP contribution is 2.22. The molecular formula is C13H21Cl2NO2. The van der Waals surface area contributed by atoms with Crippen molar-refractivity contribution in [1.82, 2.24) is 5.32 Å². The predicted octanol–water partition coefficient (Wildman–Crippen LogP) is 3.29. The van der Waals surface area contributed by atoms with Gasteiger partial charge in [0.2, 0.25) is 0 Å². The van der Waals surface area contributed by atoms with Crippen molar-refractivity contribution in [3.05, 3.63) is 28.8 Å². The SMILES string of the molecule is CCOCCCNCc1cc(Cl)ccc1OC.Cl. The van der Waals surface area contributed by atoms with E-state index in [1.54, 1.807) is 7.11 Å². The second-order valence-corrected chi connectivity index (χ2v) is 4.12. The summed E-state index contributed by atoms with van der Waals surface area (Å²) in [5, 5.41) is 4.08. The molecule has 1 aromatic carbocycles. The lowest BCUT2D eigenvalue weighted by Crippen LogP contribution is -2.16. The minimum Gasteiger partial charge on any atom is -0.496 e. The van der Waals surface area contributed by atoms with Crippen LogP contribution in [0.3, 0.4) is 0 Å². The first-order chi connectivity index (χ1) is 8.27. The Morgan fingerprint density at radius 3 is 2.78 bits per heavy atom. The van der Waals surface area contributed by atoms with Crippen LogP contribution in [0.1, 0.15) is 18.9 Å². The molecule has 5 heteroatoms. The van der Waals surface area contributed by atoms with Crippen LogP contribution in [0.5, 0.6) is 5.75 Å². The second kappa shape index (κ2) is 10.4. The van der Waals surface area contributed by atoms with Crippen LogP contribution < -0.4 is 10.1 Å². The van der Waals surface area contributed by atoms with Crippen molar-refractivity contribution in [2.24, 2.45) is 0 Å². The van der Waals surface area contributed by atoms with Crippen LogP contribution in [0.25, 0.3) is 0 Å². The lowest BCUT2D eigenvalue weighted by Gasteiger charge is -2.10. The molecule has 0 spiro atoms. The van der Waals surface area contributed by atoms with Crippen LogP contribution in [0.2, 0.25) is 5.02 Å². The number of halogens is 2. The van der Waals surface area contributed by atoms with Gasteiger partial charge in [-0.15, -0.1) is 12.4 Å². The maximum absolute atomic E-state index is 5.95. The molecule has 0 aromatic heterocycles. The van der Waals surface area contributed by atoms with Gasteiger partial charge in [-0.3, -0.25) is 0 Å². The van der Waals surface area contributed by atoms with Gasteiger partial charge in [-0.1, -0.05) is 11.6 Å². The number of methoxy groups -OCH3 is 1. The molecule has 104 valence electrons. The minimum absolute atomic E-state index is 0. The molecule has 0 aliphatic carbocycles. The maximum Gasteiger partial charge on any atom is 0.123 e. The summed E-state index contributed by atoms with van der Waals surface area (Å²) >= 11 is 5.95. The van der Waals surface area contributed by atoms with Crippen molar-refractivity contribution < 1.29 is 9.47 Å². The third-order valence-electron chi connectivity index (χ3n) is 2.40. The number of hydrogen-bond donors (Lipinski definition) is 1. The predicted molar refractivity (Wildman–Crippen MR) is 78.1 cm³/mol. The highest BCUT2D eigenvalue weighted by molar-refractivity contribution is 6.30. The molecule has 0 unspecified atom stereocenters. The minimum atomic E-state index is 0. The third kappa shape index (κ3) is 6.45. The Kier molecular flexibility index (Phi) is 10.2. The molecule has 1 rings (SSSR count). The first kappa shape index (κ1) is 17.5. The number of rotatable bonds is 8. The normalized spacial score (nSPS) is 9.94. The summed E-state index contributed by atoms with van der Waals surface area (Å²) in [7, 11) is 1.67. The summed E-state index contributed by atoms with van der Waals surface area (Å²) in [6, 6.07) is 5.65. The van der Waals surface area contributed by atoms with Crippen molar-refractivity contribution in [3.63, 3.8) is 0 Å². The van der Waals surface area contributed by atoms with E-state index in [1.807, 2.05) is 25.1 Å². The van der Waals surface area contributed by atoms with Crippen LogP contribution in [0.4, 0.5) is 0 Å². The van der Waals surface area contributed by atoms with Gasteiger partial charge >= 0.3 is 0 Å². The molecule has 18 heavy (non-hydrogen) atoms. The Morgan fingerprint density at radius 1 is 1.33 bits per heavy atom. The number of hydrogen-bond acceptors (Lipinski definition) is 3. The van der Waals surface area contributed by atoms with Gasteiger partial charge in [0, 0.05) is 30.3 Å². The fourth-order valence-corrected chi connectivity index (χ4v) is 1.75.